The topological polar surface area (TPSA) is 52.7 Å². The molecule has 0 unspecified atom stereocenters. The highest BCUT2D eigenvalue weighted by Crippen LogP contribution is 2.38. The van der Waals surface area contributed by atoms with E-state index in [1.165, 1.54) is 19.3 Å². The van der Waals surface area contributed by atoms with E-state index in [-0.39, 0.29) is 17.9 Å². The lowest BCUT2D eigenvalue weighted by Gasteiger charge is -2.40. The Morgan fingerprint density at radius 2 is 1.55 bits per heavy atom. The monoisotopic (exact) mass is 307 g/mol. The minimum absolute atomic E-state index is 0.213. The second kappa shape index (κ2) is 6.99. The van der Waals surface area contributed by atoms with Crippen LogP contribution in [0.3, 0.4) is 0 Å². The Labute approximate surface area is 133 Å². The molecular formula is C17H29N3O2. The molecule has 0 aromatic rings. The van der Waals surface area contributed by atoms with Crippen LogP contribution in [0.4, 0.5) is 0 Å². The fraction of sp³-hybridized carbons (Fsp3) is 0.882. The summed E-state index contributed by atoms with van der Waals surface area (Å²) in [5.41, 5.74) is 0. The molecule has 3 rings (SSSR count). The van der Waals surface area contributed by atoms with E-state index in [1.807, 2.05) is 0 Å². The summed E-state index contributed by atoms with van der Waals surface area (Å²) in [6.45, 7) is 3.41. The summed E-state index contributed by atoms with van der Waals surface area (Å²) in [5, 5.41) is 3.29. The van der Waals surface area contributed by atoms with E-state index in [9.17, 15) is 9.59 Å². The predicted octanol–water partition coefficient (Wildman–Crippen LogP) is 1.24. The molecule has 1 N–H and O–H groups in total. The number of hydrogen-bond acceptors (Lipinski definition) is 3. The Bertz CT molecular complexity index is 408. The van der Waals surface area contributed by atoms with Crippen molar-refractivity contribution in [2.45, 2.75) is 51.0 Å². The van der Waals surface area contributed by atoms with Crippen LogP contribution in [0, 0.1) is 11.8 Å². The third-order valence-corrected chi connectivity index (χ3v) is 6.00. The van der Waals surface area contributed by atoms with Gasteiger partial charge in [0, 0.05) is 26.2 Å². The summed E-state index contributed by atoms with van der Waals surface area (Å²) in [5.74, 6) is 1.09. The standard InChI is InChI=1S/C17H29N3O2/c1-19(15-5-9-18-10-6-15)16(21)17(22)20-11-7-14(8-12-20)13-3-2-4-13/h13-15,18H,2-12H2,1H3. The van der Waals surface area contributed by atoms with Crippen LogP contribution < -0.4 is 5.32 Å². The van der Waals surface area contributed by atoms with Crippen LogP contribution in [0.5, 0.6) is 0 Å². The molecule has 1 aliphatic carbocycles. The molecule has 0 radical (unpaired) electrons. The smallest absolute Gasteiger partial charge is 0.312 e. The molecule has 0 spiro atoms. The van der Waals surface area contributed by atoms with E-state index < -0.39 is 0 Å². The average molecular weight is 307 g/mol. The molecule has 3 fully saturated rings. The van der Waals surface area contributed by atoms with Gasteiger partial charge in [0.25, 0.3) is 0 Å². The third-order valence-electron chi connectivity index (χ3n) is 6.00. The molecule has 0 atom stereocenters. The van der Waals surface area contributed by atoms with E-state index >= 15 is 0 Å². The normalized spacial score (nSPS) is 24.9. The summed E-state index contributed by atoms with van der Waals surface area (Å²) >= 11 is 0. The minimum Gasteiger partial charge on any atom is -0.334 e. The fourth-order valence-corrected chi connectivity index (χ4v) is 4.13. The lowest BCUT2D eigenvalue weighted by atomic mass is 9.72. The first-order chi connectivity index (χ1) is 10.7. The van der Waals surface area contributed by atoms with E-state index in [0.717, 1.165) is 63.7 Å². The number of likely N-dealkylation sites (N-methyl/N-ethyl adjacent to an activating group) is 1. The van der Waals surface area contributed by atoms with Crippen molar-refractivity contribution in [2.24, 2.45) is 11.8 Å². The minimum atomic E-state index is -0.311. The molecule has 5 heteroatoms. The van der Waals surface area contributed by atoms with Crippen molar-refractivity contribution in [2.75, 3.05) is 33.2 Å². The number of carbonyl (C=O) groups excluding carboxylic acids is 2. The predicted molar refractivity (Wildman–Crippen MR) is 85.3 cm³/mol. The fourth-order valence-electron chi connectivity index (χ4n) is 4.13. The summed E-state index contributed by atoms with van der Waals surface area (Å²) in [4.78, 5) is 28.4. The maximum Gasteiger partial charge on any atom is 0.312 e. The van der Waals surface area contributed by atoms with Gasteiger partial charge in [-0.05, 0) is 50.6 Å². The van der Waals surface area contributed by atoms with Crippen molar-refractivity contribution >= 4 is 11.8 Å². The number of amides is 2. The number of piperidine rings is 2. The highest BCUT2D eigenvalue weighted by atomic mass is 16.2. The Morgan fingerprint density at radius 1 is 0.955 bits per heavy atom. The van der Waals surface area contributed by atoms with Crippen molar-refractivity contribution in [3.05, 3.63) is 0 Å². The van der Waals surface area contributed by atoms with E-state index in [2.05, 4.69) is 5.32 Å². The SMILES string of the molecule is CN(C(=O)C(=O)N1CCC(C2CCC2)CC1)C1CCNCC1. The lowest BCUT2D eigenvalue weighted by Crippen LogP contribution is -2.52. The number of nitrogens with one attached hydrogen (secondary N) is 1. The van der Waals surface area contributed by atoms with Crippen LogP contribution in [0.1, 0.15) is 44.9 Å². The van der Waals surface area contributed by atoms with Crippen molar-refractivity contribution in [1.82, 2.24) is 15.1 Å². The van der Waals surface area contributed by atoms with Gasteiger partial charge in [-0.3, -0.25) is 9.59 Å². The van der Waals surface area contributed by atoms with Crippen LogP contribution in [0.15, 0.2) is 0 Å². The van der Waals surface area contributed by atoms with Crippen LogP contribution in [0.2, 0.25) is 0 Å². The maximum absolute atomic E-state index is 12.5. The van der Waals surface area contributed by atoms with Gasteiger partial charge in [-0.15, -0.1) is 0 Å². The third kappa shape index (κ3) is 3.29. The number of carbonyl (C=O) groups is 2. The number of likely N-dealkylation sites (tertiary alicyclic amines) is 1. The molecule has 124 valence electrons. The Balaban J connectivity index is 1.49. The Hall–Kier alpha value is -1.10. The molecule has 5 nitrogen and oxygen atoms in total. The first-order valence-electron chi connectivity index (χ1n) is 8.93. The molecule has 0 aromatic carbocycles. The van der Waals surface area contributed by atoms with Gasteiger partial charge in [0.05, 0.1) is 0 Å². The zero-order chi connectivity index (χ0) is 15.5. The van der Waals surface area contributed by atoms with Gasteiger partial charge in [0.15, 0.2) is 0 Å². The molecule has 0 aromatic heterocycles. The van der Waals surface area contributed by atoms with E-state index in [1.54, 1.807) is 16.8 Å². The summed E-state index contributed by atoms with van der Waals surface area (Å²) in [6, 6.07) is 0.213. The van der Waals surface area contributed by atoms with Gasteiger partial charge in [-0.25, -0.2) is 0 Å². The Kier molecular flexibility index (Phi) is 5.01. The van der Waals surface area contributed by atoms with E-state index in [0.29, 0.717) is 0 Å². The zero-order valence-electron chi connectivity index (χ0n) is 13.7. The Morgan fingerprint density at radius 3 is 2.09 bits per heavy atom. The molecule has 0 bridgehead atoms. The number of rotatable bonds is 2. The van der Waals surface area contributed by atoms with E-state index in [4.69, 9.17) is 0 Å². The van der Waals surface area contributed by atoms with Crippen LogP contribution in [-0.2, 0) is 9.59 Å². The molecule has 22 heavy (non-hydrogen) atoms. The van der Waals surface area contributed by atoms with Gasteiger partial charge in [-0.2, -0.15) is 0 Å². The molecule has 2 aliphatic heterocycles. The molecule has 1 saturated carbocycles. The highest BCUT2D eigenvalue weighted by molar-refractivity contribution is 6.34. The van der Waals surface area contributed by atoms with Crippen LogP contribution >= 0.6 is 0 Å². The average Bonchev–Trinajstić information content (AvgIpc) is 2.53. The van der Waals surface area contributed by atoms with Gasteiger partial charge in [-0.1, -0.05) is 19.3 Å². The van der Waals surface area contributed by atoms with Gasteiger partial charge in [0.2, 0.25) is 0 Å². The van der Waals surface area contributed by atoms with Gasteiger partial charge < -0.3 is 15.1 Å². The van der Waals surface area contributed by atoms with Crippen molar-refractivity contribution in [3.8, 4) is 0 Å². The van der Waals surface area contributed by atoms with Crippen molar-refractivity contribution < 1.29 is 9.59 Å². The summed E-state index contributed by atoms with van der Waals surface area (Å²) < 4.78 is 0. The first kappa shape index (κ1) is 15.8. The maximum atomic E-state index is 12.5. The largest absolute Gasteiger partial charge is 0.334 e. The second-order valence-electron chi connectivity index (χ2n) is 7.22. The molecule has 2 amide bonds. The van der Waals surface area contributed by atoms with Crippen molar-refractivity contribution in [1.29, 1.82) is 0 Å². The summed E-state index contributed by atoms with van der Waals surface area (Å²) in [6.07, 6.45) is 8.18. The molecule has 3 aliphatic rings. The lowest BCUT2D eigenvalue weighted by molar-refractivity contribution is -0.153. The van der Waals surface area contributed by atoms with Crippen LogP contribution in [0.25, 0.3) is 0 Å². The molecule has 2 heterocycles. The quantitative estimate of drug-likeness (QED) is 0.781. The van der Waals surface area contributed by atoms with Crippen molar-refractivity contribution in [3.63, 3.8) is 0 Å². The number of hydrogen-bond donors (Lipinski definition) is 1. The van der Waals surface area contributed by atoms with Crippen LogP contribution in [-0.4, -0.2) is 60.9 Å². The highest BCUT2D eigenvalue weighted by Gasteiger charge is 2.35. The number of nitrogens with zero attached hydrogens (tertiary/aromatic N) is 2. The molecule has 2 saturated heterocycles. The summed E-state index contributed by atoms with van der Waals surface area (Å²) in [7, 11) is 1.79. The zero-order valence-corrected chi connectivity index (χ0v) is 13.7. The second-order valence-corrected chi connectivity index (χ2v) is 7.22. The van der Waals surface area contributed by atoms with Gasteiger partial charge >= 0.3 is 11.8 Å². The first-order valence-corrected chi connectivity index (χ1v) is 8.93. The molecular weight excluding hydrogens is 278 g/mol. The van der Waals surface area contributed by atoms with Gasteiger partial charge in [0.1, 0.15) is 0 Å².